The number of fused-ring (bicyclic) bond motifs is 1. The van der Waals surface area contributed by atoms with Crippen LogP contribution in [0.5, 0.6) is 5.75 Å². The number of amides is 1. The maximum Gasteiger partial charge on any atom is 0.245 e. The van der Waals surface area contributed by atoms with E-state index < -0.39 is 11.8 Å². The Kier molecular flexibility index (Phi) is 9.69. The lowest BCUT2D eigenvalue weighted by Crippen LogP contribution is -2.22. The first kappa shape index (κ1) is 29.0. The molecule has 208 valence electrons. The number of nitrogens with zero attached hydrogens (tertiary/aromatic N) is 2. The number of hydrogen-bond acceptors (Lipinski definition) is 4. The molecule has 0 bridgehead atoms. The highest BCUT2D eigenvalue weighted by atomic mass is 35.5. The molecule has 4 aromatic rings. The lowest BCUT2D eigenvalue weighted by molar-refractivity contribution is -0.123. The Hall–Kier alpha value is -4.01. The summed E-state index contributed by atoms with van der Waals surface area (Å²) in [6.45, 7) is 3.61. The zero-order valence-corrected chi connectivity index (χ0v) is 23.4. The van der Waals surface area contributed by atoms with E-state index in [4.69, 9.17) is 16.3 Å². The fraction of sp³-hybridized carbons (Fsp3) is 0.226. The van der Waals surface area contributed by atoms with E-state index in [0.29, 0.717) is 53.4 Å². The van der Waals surface area contributed by atoms with Crippen LogP contribution in [0.25, 0.3) is 22.0 Å². The summed E-state index contributed by atoms with van der Waals surface area (Å²) in [5.41, 5.74) is 4.71. The fourth-order valence-electron chi connectivity index (χ4n) is 4.34. The first-order chi connectivity index (χ1) is 19.3. The van der Waals surface area contributed by atoms with Gasteiger partial charge >= 0.3 is 0 Å². The van der Waals surface area contributed by atoms with Crippen LogP contribution in [-0.4, -0.2) is 54.8 Å². The van der Waals surface area contributed by atoms with Crippen LogP contribution >= 0.6 is 11.6 Å². The Labute approximate surface area is 237 Å². The third kappa shape index (κ3) is 6.94. The zero-order chi connectivity index (χ0) is 28.6. The molecule has 0 saturated carbocycles. The van der Waals surface area contributed by atoms with Crippen molar-refractivity contribution in [2.75, 3.05) is 33.8 Å². The minimum Gasteiger partial charge on any atom is -0.492 e. The second-order valence-corrected chi connectivity index (χ2v) is 9.73. The maximum absolute atomic E-state index is 14.4. The van der Waals surface area contributed by atoms with E-state index in [1.807, 2.05) is 37.3 Å². The van der Waals surface area contributed by atoms with E-state index >= 15 is 0 Å². The summed E-state index contributed by atoms with van der Waals surface area (Å²) in [6.07, 6.45) is 3.90. The number of benzene rings is 3. The predicted molar refractivity (Wildman–Crippen MR) is 156 cm³/mol. The van der Waals surface area contributed by atoms with E-state index in [2.05, 4.69) is 15.5 Å². The number of aromatic amines is 1. The van der Waals surface area contributed by atoms with Gasteiger partial charge in [-0.15, -0.1) is 5.10 Å². The highest BCUT2D eigenvalue weighted by Crippen LogP contribution is 2.38. The van der Waals surface area contributed by atoms with Crippen LogP contribution in [0, 0.1) is 11.8 Å². The van der Waals surface area contributed by atoms with Gasteiger partial charge in [-0.05, 0) is 70.7 Å². The van der Waals surface area contributed by atoms with Crippen molar-refractivity contribution in [3.05, 3.63) is 106 Å². The van der Waals surface area contributed by atoms with Gasteiger partial charge in [0.15, 0.2) is 0 Å². The SMILES string of the molecule is CC/C(=C(/c1ccc(OCCNC/C=C/C(=O)N(C)C)cc1)c1ccc2[nH]nc(F)c2c1)c1ccc(F)cc1Cl. The molecule has 1 amide bonds. The van der Waals surface area contributed by atoms with Crippen molar-refractivity contribution in [1.29, 1.82) is 0 Å². The van der Waals surface area contributed by atoms with Crippen LogP contribution in [0.4, 0.5) is 8.78 Å². The number of rotatable bonds is 11. The maximum atomic E-state index is 14.4. The third-order valence-corrected chi connectivity index (χ3v) is 6.68. The number of carbonyl (C=O) groups is 1. The van der Waals surface area contributed by atoms with Crippen LogP contribution in [0.15, 0.2) is 72.8 Å². The number of carbonyl (C=O) groups excluding carboxylic acids is 1. The first-order valence-electron chi connectivity index (χ1n) is 12.9. The van der Waals surface area contributed by atoms with Crippen LogP contribution in [0.2, 0.25) is 5.02 Å². The second-order valence-electron chi connectivity index (χ2n) is 9.32. The van der Waals surface area contributed by atoms with Gasteiger partial charge in [-0.1, -0.05) is 48.9 Å². The lowest BCUT2D eigenvalue weighted by Gasteiger charge is -2.18. The minimum atomic E-state index is -0.578. The van der Waals surface area contributed by atoms with Crippen LogP contribution in [-0.2, 0) is 4.79 Å². The summed E-state index contributed by atoms with van der Waals surface area (Å²) in [6, 6.07) is 17.4. The number of ether oxygens (including phenoxy) is 1. The van der Waals surface area contributed by atoms with Gasteiger partial charge in [0.2, 0.25) is 11.9 Å². The van der Waals surface area contributed by atoms with Gasteiger partial charge in [0, 0.05) is 33.3 Å². The fourth-order valence-corrected chi connectivity index (χ4v) is 4.62. The van der Waals surface area contributed by atoms with Gasteiger partial charge in [-0.3, -0.25) is 9.89 Å². The van der Waals surface area contributed by atoms with Crippen molar-refractivity contribution in [3.63, 3.8) is 0 Å². The molecule has 1 heterocycles. The molecule has 0 radical (unpaired) electrons. The predicted octanol–water partition coefficient (Wildman–Crippen LogP) is 6.48. The molecule has 0 aliphatic rings. The van der Waals surface area contributed by atoms with Gasteiger partial charge < -0.3 is 15.0 Å². The van der Waals surface area contributed by atoms with Crippen molar-refractivity contribution in [2.24, 2.45) is 0 Å². The molecule has 1 aromatic heterocycles. The van der Waals surface area contributed by atoms with Gasteiger partial charge in [0.1, 0.15) is 18.2 Å². The molecule has 6 nitrogen and oxygen atoms in total. The summed E-state index contributed by atoms with van der Waals surface area (Å²) in [7, 11) is 3.41. The summed E-state index contributed by atoms with van der Waals surface area (Å²) in [5, 5.41) is 10.3. The molecular formula is C31H31ClF2N4O2. The minimum absolute atomic E-state index is 0.0608. The lowest BCUT2D eigenvalue weighted by atomic mass is 9.87. The highest BCUT2D eigenvalue weighted by Gasteiger charge is 2.17. The van der Waals surface area contributed by atoms with E-state index in [1.165, 1.54) is 23.1 Å². The molecule has 0 fully saturated rings. The van der Waals surface area contributed by atoms with Crippen LogP contribution in [0.1, 0.15) is 30.0 Å². The largest absolute Gasteiger partial charge is 0.492 e. The Morgan fingerprint density at radius 1 is 1.07 bits per heavy atom. The molecule has 9 heteroatoms. The summed E-state index contributed by atoms with van der Waals surface area (Å²) in [4.78, 5) is 13.1. The topological polar surface area (TPSA) is 70.2 Å². The summed E-state index contributed by atoms with van der Waals surface area (Å²) in [5.74, 6) is -0.361. The molecule has 40 heavy (non-hydrogen) atoms. The Morgan fingerprint density at radius 3 is 2.52 bits per heavy atom. The summed E-state index contributed by atoms with van der Waals surface area (Å²) < 4.78 is 34.1. The van der Waals surface area contributed by atoms with Gasteiger partial charge in [0.25, 0.3) is 0 Å². The average molecular weight is 565 g/mol. The Balaban J connectivity index is 1.58. The highest BCUT2D eigenvalue weighted by molar-refractivity contribution is 6.32. The molecule has 0 spiro atoms. The average Bonchev–Trinajstić information content (AvgIpc) is 3.31. The molecule has 0 aliphatic carbocycles. The number of nitrogens with one attached hydrogen (secondary N) is 2. The van der Waals surface area contributed by atoms with E-state index in [-0.39, 0.29) is 5.91 Å². The summed E-state index contributed by atoms with van der Waals surface area (Å²) >= 11 is 6.48. The van der Waals surface area contributed by atoms with Crippen molar-refractivity contribution < 1.29 is 18.3 Å². The van der Waals surface area contributed by atoms with Crippen LogP contribution in [0.3, 0.4) is 0 Å². The van der Waals surface area contributed by atoms with Crippen molar-refractivity contribution >= 4 is 39.6 Å². The smallest absolute Gasteiger partial charge is 0.245 e. The quantitative estimate of drug-likeness (QED) is 0.124. The Bertz CT molecular complexity index is 1540. The Morgan fingerprint density at radius 2 is 1.82 bits per heavy atom. The number of allylic oxidation sites excluding steroid dienone is 1. The standard InChI is InChI=1S/C31H31ClF2N4O2/c1-4-24(25-13-10-22(33)19-27(25)32)30(21-9-14-28-26(18-21)31(34)37-36-28)20-7-11-23(12-8-20)40-17-16-35-15-5-6-29(39)38(2)3/h5-14,18-19,35H,4,15-17H2,1-3H3,(H,36,37)/b6-5+,30-24+. The first-order valence-corrected chi connectivity index (χ1v) is 13.3. The monoisotopic (exact) mass is 564 g/mol. The number of halogens is 3. The van der Waals surface area contributed by atoms with Gasteiger partial charge in [-0.25, -0.2) is 4.39 Å². The van der Waals surface area contributed by atoms with Gasteiger partial charge in [0.05, 0.1) is 15.9 Å². The number of likely N-dealkylation sites (N-methyl/N-ethyl adjacent to an activating group) is 1. The van der Waals surface area contributed by atoms with Crippen LogP contribution < -0.4 is 10.1 Å². The molecule has 3 aromatic carbocycles. The van der Waals surface area contributed by atoms with Gasteiger partial charge in [-0.2, -0.15) is 4.39 Å². The molecule has 4 rings (SSSR count). The zero-order valence-electron chi connectivity index (χ0n) is 22.6. The van der Waals surface area contributed by atoms with E-state index in [1.54, 1.807) is 38.4 Å². The van der Waals surface area contributed by atoms with E-state index in [9.17, 15) is 13.6 Å². The van der Waals surface area contributed by atoms with Crippen molar-refractivity contribution in [1.82, 2.24) is 20.4 Å². The molecular weight excluding hydrogens is 534 g/mol. The third-order valence-electron chi connectivity index (χ3n) is 6.37. The van der Waals surface area contributed by atoms with E-state index in [0.717, 1.165) is 22.3 Å². The second kappa shape index (κ2) is 13.4. The molecule has 0 saturated heterocycles. The molecule has 0 atom stereocenters. The number of hydrogen-bond donors (Lipinski definition) is 2. The van der Waals surface area contributed by atoms with Crippen molar-refractivity contribution in [3.8, 4) is 5.75 Å². The molecule has 2 N–H and O–H groups in total. The molecule has 0 aliphatic heterocycles. The molecule has 0 unspecified atom stereocenters. The normalized spacial score (nSPS) is 12.2. The number of aromatic nitrogens is 2. The van der Waals surface area contributed by atoms with Crippen molar-refractivity contribution in [2.45, 2.75) is 13.3 Å². The number of H-pyrrole nitrogens is 1.